The molecule has 0 spiro atoms. The van der Waals surface area contributed by atoms with Crippen molar-refractivity contribution in [3.05, 3.63) is 87.8 Å². The van der Waals surface area contributed by atoms with E-state index in [1.165, 1.54) is 40.0 Å². The van der Waals surface area contributed by atoms with Gasteiger partial charge in [-0.05, 0) is 17.5 Å². The number of rotatable bonds is 8. The SMILES string of the molecule is O=c1[nH]c(CSc2nnc(NCCc3ccccc3)s2)nc2scc(-c3ccccc3)c12. The molecule has 0 fully saturated rings. The van der Waals surface area contributed by atoms with E-state index in [1.807, 2.05) is 53.9 Å². The molecule has 0 bridgehead atoms. The zero-order chi connectivity index (χ0) is 21.8. The monoisotopic (exact) mass is 477 g/mol. The second-order valence-corrected chi connectivity index (χ2v) is 10.1. The van der Waals surface area contributed by atoms with E-state index in [0.717, 1.165) is 38.4 Å². The van der Waals surface area contributed by atoms with Gasteiger partial charge in [0.25, 0.3) is 5.56 Å². The van der Waals surface area contributed by atoms with E-state index < -0.39 is 0 Å². The minimum absolute atomic E-state index is 0.105. The second-order valence-electron chi connectivity index (χ2n) is 7.03. The van der Waals surface area contributed by atoms with Crippen LogP contribution in [0.25, 0.3) is 21.3 Å². The average molecular weight is 478 g/mol. The standard InChI is InChI=1S/C23H19N5OS3/c29-20-19-17(16-9-5-2-6-10-16)13-30-21(19)26-18(25-20)14-31-23-28-27-22(32-23)24-12-11-15-7-3-1-4-8-15/h1-10,13H,11-12,14H2,(H,24,27)(H,25,26,29). The molecule has 2 aromatic carbocycles. The lowest BCUT2D eigenvalue weighted by molar-refractivity contribution is 0.970. The number of aromatic nitrogens is 4. The third kappa shape index (κ3) is 4.74. The van der Waals surface area contributed by atoms with Crippen molar-refractivity contribution in [3.8, 4) is 11.1 Å². The molecule has 6 nitrogen and oxygen atoms in total. The normalized spacial score (nSPS) is 11.1. The Balaban J connectivity index is 1.23. The van der Waals surface area contributed by atoms with Crippen LogP contribution in [0.4, 0.5) is 5.13 Å². The van der Waals surface area contributed by atoms with Crippen LogP contribution in [0.2, 0.25) is 0 Å². The highest BCUT2D eigenvalue weighted by Crippen LogP contribution is 2.32. The van der Waals surface area contributed by atoms with Gasteiger partial charge in [-0.15, -0.1) is 21.5 Å². The van der Waals surface area contributed by atoms with Gasteiger partial charge in [-0.3, -0.25) is 4.79 Å². The van der Waals surface area contributed by atoms with Crippen LogP contribution >= 0.6 is 34.4 Å². The molecular weight excluding hydrogens is 458 g/mol. The van der Waals surface area contributed by atoms with Gasteiger partial charge in [0.1, 0.15) is 10.7 Å². The van der Waals surface area contributed by atoms with Gasteiger partial charge in [0.2, 0.25) is 5.13 Å². The Morgan fingerprint density at radius 3 is 2.59 bits per heavy atom. The van der Waals surface area contributed by atoms with E-state index >= 15 is 0 Å². The number of thiophene rings is 1. The summed E-state index contributed by atoms with van der Waals surface area (Å²) in [7, 11) is 0. The molecule has 0 amide bonds. The molecule has 3 aromatic heterocycles. The topological polar surface area (TPSA) is 83.6 Å². The molecule has 5 rings (SSSR count). The van der Waals surface area contributed by atoms with Crippen molar-refractivity contribution in [1.29, 1.82) is 0 Å². The van der Waals surface area contributed by atoms with Gasteiger partial charge in [0.05, 0.1) is 11.1 Å². The number of nitrogens with zero attached hydrogens (tertiary/aromatic N) is 3. The lowest BCUT2D eigenvalue weighted by Crippen LogP contribution is -2.10. The van der Waals surface area contributed by atoms with E-state index in [0.29, 0.717) is 17.0 Å². The largest absolute Gasteiger partial charge is 0.360 e. The number of thioether (sulfide) groups is 1. The predicted octanol–water partition coefficient (Wildman–Crippen LogP) is 5.45. The quantitative estimate of drug-likeness (QED) is 0.289. The van der Waals surface area contributed by atoms with Gasteiger partial charge in [-0.1, -0.05) is 83.8 Å². The van der Waals surface area contributed by atoms with Gasteiger partial charge in [-0.2, -0.15) is 0 Å². The highest BCUT2D eigenvalue weighted by molar-refractivity contribution is 8.00. The third-order valence-corrected chi connectivity index (χ3v) is 7.75. The number of hydrogen-bond donors (Lipinski definition) is 2. The number of fused-ring (bicyclic) bond motifs is 1. The molecule has 0 radical (unpaired) electrons. The summed E-state index contributed by atoms with van der Waals surface area (Å²) in [6.45, 7) is 0.803. The van der Waals surface area contributed by atoms with Crippen molar-refractivity contribution >= 4 is 49.8 Å². The summed E-state index contributed by atoms with van der Waals surface area (Å²) in [6, 6.07) is 20.3. The molecule has 0 aliphatic carbocycles. The minimum atomic E-state index is -0.105. The van der Waals surface area contributed by atoms with Crippen molar-refractivity contribution in [2.45, 2.75) is 16.5 Å². The van der Waals surface area contributed by atoms with Crippen LogP contribution in [-0.4, -0.2) is 26.7 Å². The molecule has 0 aliphatic heterocycles. The minimum Gasteiger partial charge on any atom is -0.360 e. The zero-order valence-corrected chi connectivity index (χ0v) is 19.4. The molecule has 0 aliphatic rings. The van der Waals surface area contributed by atoms with Crippen LogP contribution in [0.15, 0.2) is 75.2 Å². The fourth-order valence-electron chi connectivity index (χ4n) is 3.32. The Morgan fingerprint density at radius 2 is 1.78 bits per heavy atom. The number of anilines is 1. The summed E-state index contributed by atoms with van der Waals surface area (Å²) >= 11 is 4.52. The maximum atomic E-state index is 12.8. The van der Waals surface area contributed by atoms with Gasteiger partial charge in [0, 0.05) is 17.5 Å². The van der Waals surface area contributed by atoms with Gasteiger partial charge in [-0.25, -0.2) is 4.98 Å². The maximum Gasteiger partial charge on any atom is 0.260 e. The first-order valence-corrected chi connectivity index (χ1v) is 12.7. The Kier molecular flexibility index (Phi) is 6.29. The molecule has 0 saturated heterocycles. The van der Waals surface area contributed by atoms with Gasteiger partial charge < -0.3 is 10.3 Å². The lowest BCUT2D eigenvalue weighted by atomic mass is 10.1. The summed E-state index contributed by atoms with van der Waals surface area (Å²) in [5.74, 6) is 1.17. The molecule has 5 aromatic rings. The smallest absolute Gasteiger partial charge is 0.260 e. The first-order valence-electron chi connectivity index (χ1n) is 10.1. The molecule has 0 unspecified atom stereocenters. The Morgan fingerprint density at radius 1 is 1.00 bits per heavy atom. The van der Waals surface area contributed by atoms with Gasteiger partial charge >= 0.3 is 0 Å². The summed E-state index contributed by atoms with van der Waals surface area (Å²) in [5, 5.41) is 15.2. The zero-order valence-electron chi connectivity index (χ0n) is 16.9. The fraction of sp³-hybridized carbons (Fsp3) is 0.130. The molecule has 32 heavy (non-hydrogen) atoms. The fourth-order valence-corrected chi connectivity index (χ4v) is 5.93. The van der Waals surface area contributed by atoms with Crippen molar-refractivity contribution < 1.29 is 0 Å². The van der Waals surface area contributed by atoms with Crippen LogP contribution in [0.1, 0.15) is 11.4 Å². The van der Waals surface area contributed by atoms with Crippen LogP contribution in [0.3, 0.4) is 0 Å². The highest BCUT2D eigenvalue weighted by Gasteiger charge is 2.13. The van der Waals surface area contributed by atoms with Crippen LogP contribution in [0.5, 0.6) is 0 Å². The number of benzene rings is 2. The molecule has 2 N–H and O–H groups in total. The number of aromatic amines is 1. The van der Waals surface area contributed by atoms with E-state index in [9.17, 15) is 4.79 Å². The van der Waals surface area contributed by atoms with Crippen LogP contribution in [0, 0.1) is 0 Å². The van der Waals surface area contributed by atoms with Gasteiger partial charge in [0.15, 0.2) is 4.34 Å². The average Bonchev–Trinajstić information content (AvgIpc) is 3.46. The van der Waals surface area contributed by atoms with Crippen molar-refractivity contribution in [2.75, 3.05) is 11.9 Å². The molecule has 3 heterocycles. The molecule has 9 heteroatoms. The highest BCUT2D eigenvalue weighted by atomic mass is 32.2. The van der Waals surface area contributed by atoms with E-state index in [4.69, 9.17) is 0 Å². The first kappa shape index (κ1) is 20.9. The lowest BCUT2D eigenvalue weighted by Gasteiger charge is -2.02. The molecule has 0 saturated carbocycles. The van der Waals surface area contributed by atoms with E-state index in [1.54, 1.807) is 0 Å². The number of H-pyrrole nitrogens is 1. The molecule has 160 valence electrons. The molecule has 0 atom stereocenters. The van der Waals surface area contributed by atoms with E-state index in [-0.39, 0.29) is 5.56 Å². The summed E-state index contributed by atoms with van der Waals surface area (Å²) in [5.41, 5.74) is 3.13. The Hall–Kier alpha value is -3.01. The number of nitrogens with one attached hydrogen (secondary N) is 2. The second kappa shape index (κ2) is 9.64. The summed E-state index contributed by atoms with van der Waals surface area (Å²) in [6.07, 6.45) is 0.930. The molecular formula is C23H19N5OS3. The summed E-state index contributed by atoms with van der Waals surface area (Å²) < 4.78 is 0.839. The Labute approximate surface area is 196 Å². The van der Waals surface area contributed by atoms with Crippen molar-refractivity contribution in [2.24, 2.45) is 0 Å². The van der Waals surface area contributed by atoms with Crippen molar-refractivity contribution in [1.82, 2.24) is 20.2 Å². The first-order chi connectivity index (χ1) is 15.8. The maximum absolute atomic E-state index is 12.8. The summed E-state index contributed by atoms with van der Waals surface area (Å²) in [4.78, 5) is 21.1. The third-order valence-electron chi connectivity index (χ3n) is 4.85. The van der Waals surface area contributed by atoms with Crippen LogP contribution < -0.4 is 10.9 Å². The number of hydrogen-bond acceptors (Lipinski definition) is 8. The Bertz CT molecular complexity index is 1380. The predicted molar refractivity (Wildman–Crippen MR) is 134 cm³/mol. The van der Waals surface area contributed by atoms with Crippen LogP contribution in [-0.2, 0) is 12.2 Å². The van der Waals surface area contributed by atoms with E-state index in [2.05, 4.69) is 37.6 Å². The van der Waals surface area contributed by atoms with Crippen molar-refractivity contribution in [3.63, 3.8) is 0 Å².